The highest BCUT2D eigenvalue weighted by Crippen LogP contribution is 2.27. The molecule has 2 atom stereocenters. The first kappa shape index (κ1) is 31.2. The van der Waals surface area contributed by atoms with Gasteiger partial charge in [-0.15, -0.1) is 3.89 Å². The third kappa shape index (κ3) is 7.42. The van der Waals surface area contributed by atoms with Crippen LogP contribution in [0.2, 0.25) is 5.02 Å². The van der Waals surface area contributed by atoms with E-state index in [9.17, 15) is 13.5 Å². The van der Waals surface area contributed by atoms with E-state index in [4.69, 9.17) is 21.7 Å². The maximum absolute atomic E-state index is 13.7. The van der Waals surface area contributed by atoms with E-state index in [1.165, 1.54) is 12.4 Å². The van der Waals surface area contributed by atoms with Gasteiger partial charge < -0.3 is 20.7 Å². The van der Waals surface area contributed by atoms with E-state index in [1.807, 2.05) is 13.8 Å². The fraction of sp³-hybridized carbons (Fsp3) is 0.444. The Morgan fingerprint density at radius 1 is 1.18 bits per heavy atom. The van der Waals surface area contributed by atoms with Crippen LogP contribution in [-0.2, 0) is 4.74 Å². The van der Waals surface area contributed by atoms with Crippen LogP contribution in [0.15, 0.2) is 30.6 Å². The highest BCUT2D eigenvalue weighted by atomic mass is 35.5. The molecular formula is C27H35ClFN7O3S. The summed E-state index contributed by atoms with van der Waals surface area (Å²) in [7, 11) is 1.72. The highest BCUT2D eigenvalue weighted by molar-refractivity contribution is 7.92. The van der Waals surface area contributed by atoms with Gasteiger partial charge in [-0.1, -0.05) is 25.4 Å². The Bertz CT molecular complexity index is 1390. The predicted molar refractivity (Wildman–Crippen MR) is 158 cm³/mol. The van der Waals surface area contributed by atoms with Gasteiger partial charge in [0, 0.05) is 41.6 Å². The number of amides is 2. The van der Waals surface area contributed by atoms with Crippen molar-refractivity contribution in [2.45, 2.75) is 71.6 Å². The lowest BCUT2D eigenvalue weighted by Gasteiger charge is -2.21. The topological polar surface area (TPSA) is 134 Å². The molecule has 4 N–H and O–H groups in total. The normalized spacial score (nSPS) is 16.6. The standard InChI is InChI=1S/C25H29ClFN7O3S.C2H6/c1-25(2,3)37-24(36)32-15-7-6-14(10-15)31-23(35)17-12-34(38-27)22-21(17)33-19(11-30-22)20(28)16-8-5-13(26)9-18(16)29-4;1-2/h5,8-9,11-12,14-15,28-29H,6-7,10H2,1-4H3,(H,31,35)(H,32,36);1-2H3. The van der Waals surface area contributed by atoms with Crippen LogP contribution in [0, 0.1) is 5.41 Å². The van der Waals surface area contributed by atoms with Crippen LogP contribution in [0.5, 0.6) is 0 Å². The monoisotopic (exact) mass is 591 g/mol. The molecule has 0 saturated heterocycles. The number of hydrogen-bond donors (Lipinski definition) is 4. The second-order valence-electron chi connectivity index (χ2n) is 10.0. The molecule has 0 spiro atoms. The molecule has 216 valence electrons. The van der Waals surface area contributed by atoms with Gasteiger partial charge in [-0.05, 0) is 58.2 Å². The van der Waals surface area contributed by atoms with Gasteiger partial charge in [-0.3, -0.25) is 10.2 Å². The summed E-state index contributed by atoms with van der Waals surface area (Å²) in [6.45, 7) is 9.38. The van der Waals surface area contributed by atoms with Crippen molar-refractivity contribution in [1.82, 2.24) is 24.6 Å². The molecule has 10 nitrogen and oxygen atoms in total. The Morgan fingerprint density at radius 3 is 2.48 bits per heavy atom. The molecule has 1 aromatic carbocycles. The Hall–Kier alpha value is -3.38. The van der Waals surface area contributed by atoms with Gasteiger partial charge in [0.25, 0.3) is 5.91 Å². The molecule has 1 fully saturated rings. The summed E-state index contributed by atoms with van der Waals surface area (Å²) in [5.74, 6) is -0.439. The van der Waals surface area contributed by atoms with Crippen molar-refractivity contribution in [3.63, 3.8) is 0 Å². The summed E-state index contributed by atoms with van der Waals surface area (Å²) in [6.07, 6.45) is 4.09. The molecule has 2 aromatic heterocycles. The lowest BCUT2D eigenvalue weighted by atomic mass is 10.1. The third-order valence-electron chi connectivity index (χ3n) is 6.05. The first-order chi connectivity index (χ1) is 19.0. The van der Waals surface area contributed by atoms with Gasteiger partial charge in [0.05, 0.1) is 17.5 Å². The van der Waals surface area contributed by atoms with Crippen LogP contribution in [0.1, 0.15) is 75.5 Å². The van der Waals surface area contributed by atoms with Crippen molar-refractivity contribution < 1.29 is 18.2 Å². The van der Waals surface area contributed by atoms with Gasteiger partial charge in [0.15, 0.2) is 18.0 Å². The van der Waals surface area contributed by atoms with Crippen LogP contribution in [0.4, 0.5) is 14.4 Å². The van der Waals surface area contributed by atoms with Crippen molar-refractivity contribution in [3.05, 3.63) is 52.4 Å². The van der Waals surface area contributed by atoms with Crippen molar-refractivity contribution >= 4 is 58.5 Å². The molecule has 1 aliphatic carbocycles. The second kappa shape index (κ2) is 13.3. The van der Waals surface area contributed by atoms with E-state index in [0.717, 1.165) is 3.97 Å². The minimum atomic E-state index is -0.600. The number of alkyl carbamates (subject to hydrolysis) is 1. The van der Waals surface area contributed by atoms with E-state index < -0.39 is 17.6 Å². The molecule has 13 heteroatoms. The first-order valence-corrected chi connectivity index (χ1v) is 14.1. The zero-order valence-electron chi connectivity index (χ0n) is 23.4. The van der Waals surface area contributed by atoms with Crippen LogP contribution in [0.3, 0.4) is 0 Å². The number of ether oxygens (including phenoxy) is 1. The zero-order valence-corrected chi connectivity index (χ0v) is 25.0. The lowest BCUT2D eigenvalue weighted by Crippen LogP contribution is -2.39. The second-order valence-corrected chi connectivity index (χ2v) is 11.0. The number of halogens is 2. The molecule has 4 rings (SSSR count). The Labute approximate surface area is 242 Å². The molecular weight excluding hydrogens is 557 g/mol. The molecule has 40 heavy (non-hydrogen) atoms. The smallest absolute Gasteiger partial charge is 0.407 e. The predicted octanol–water partition coefficient (Wildman–Crippen LogP) is 6.13. The SMILES string of the molecule is CC.CNc1cc(Cl)ccc1C(=N)c1cnc2c(n1)c(C(=O)NC1CCC(NC(=O)OC(C)(C)C)C1)cn2SF. The van der Waals surface area contributed by atoms with Crippen molar-refractivity contribution in [3.8, 4) is 0 Å². The molecule has 2 unspecified atom stereocenters. The number of hydrogen-bond acceptors (Lipinski definition) is 8. The van der Waals surface area contributed by atoms with E-state index >= 15 is 0 Å². The third-order valence-corrected chi connectivity index (χ3v) is 6.71. The van der Waals surface area contributed by atoms with Gasteiger partial charge in [0.1, 0.15) is 16.8 Å². The molecule has 0 bridgehead atoms. The van der Waals surface area contributed by atoms with Crippen LogP contribution < -0.4 is 16.0 Å². The summed E-state index contributed by atoms with van der Waals surface area (Å²) >= 11 is 5.98. The number of carbonyl (C=O) groups excluding carboxylic acids is 2. The number of nitrogens with zero attached hydrogens (tertiary/aromatic N) is 3. The van der Waals surface area contributed by atoms with Crippen molar-refractivity contribution in [2.75, 3.05) is 12.4 Å². The summed E-state index contributed by atoms with van der Waals surface area (Å²) < 4.78 is 20.1. The number of rotatable bonds is 7. The molecule has 2 heterocycles. The minimum Gasteiger partial charge on any atom is -0.444 e. The Kier molecular flexibility index (Phi) is 10.4. The van der Waals surface area contributed by atoms with E-state index in [-0.39, 0.29) is 52.6 Å². The van der Waals surface area contributed by atoms with Crippen LogP contribution in [-0.4, -0.2) is 56.4 Å². The average molecular weight is 592 g/mol. The number of fused-ring (bicyclic) bond motifs is 1. The molecule has 0 aliphatic heterocycles. The molecule has 3 aromatic rings. The number of carbonyl (C=O) groups is 2. The fourth-order valence-electron chi connectivity index (χ4n) is 4.36. The summed E-state index contributed by atoms with van der Waals surface area (Å²) in [5, 5.41) is 18.0. The highest BCUT2D eigenvalue weighted by Gasteiger charge is 2.30. The van der Waals surface area contributed by atoms with Gasteiger partial charge in [0.2, 0.25) is 0 Å². The van der Waals surface area contributed by atoms with Gasteiger partial charge in [-0.25, -0.2) is 18.7 Å². The maximum atomic E-state index is 13.7. The fourth-order valence-corrected chi connectivity index (χ4v) is 4.88. The number of nitrogens with one attached hydrogen (secondary N) is 4. The lowest BCUT2D eigenvalue weighted by molar-refractivity contribution is 0.0505. The number of aromatic nitrogens is 3. The quantitative estimate of drug-likeness (QED) is 0.243. The summed E-state index contributed by atoms with van der Waals surface area (Å²) in [6, 6.07) is 4.73. The Morgan fingerprint density at radius 2 is 1.85 bits per heavy atom. The number of anilines is 1. The maximum Gasteiger partial charge on any atom is 0.407 e. The molecule has 1 aliphatic rings. The van der Waals surface area contributed by atoms with Gasteiger partial charge >= 0.3 is 6.09 Å². The minimum absolute atomic E-state index is 0.0688. The first-order valence-electron chi connectivity index (χ1n) is 13.0. The van der Waals surface area contributed by atoms with Gasteiger partial charge in [-0.2, -0.15) is 0 Å². The largest absolute Gasteiger partial charge is 0.444 e. The van der Waals surface area contributed by atoms with Crippen molar-refractivity contribution in [1.29, 1.82) is 5.41 Å². The van der Waals surface area contributed by atoms with E-state index in [0.29, 0.717) is 35.5 Å². The average Bonchev–Trinajstić information content (AvgIpc) is 3.51. The van der Waals surface area contributed by atoms with E-state index in [1.54, 1.807) is 46.0 Å². The van der Waals surface area contributed by atoms with Crippen LogP contribution >= 0.6 is 23.9 Å². The van der Waals surface area contributed by atoms with Crippen molar-refractivity contribution in [2.24, 2.45) is 0 Å². The molecule has 2 amide bonds. The number of benzene rings is 1. The molecule has 0 radical (unpaired) electrons. The summed E-state index contributed by atoms with van der Waals surface area (Å²) in [5.41, 5.74) is 1.35. The van der Waals surface area contributed by atoms with E-state index in [2.05, 4.69) is 25.9 Å². The Balaban J connectivity index is 0.00000216. The van der Waals surface area contributed by atoms with Crippen LogP contribution in [0.25, 0.3) is 11.2 Å². The summed E-state index contributed by atoms with van der Waals surface area (Å²) in [4.78, 5) is 34.1. The zero-order chi connectivity index (χ0) is 29.6. The molecule has 1 saturated carbocycles.